The predicted molar refractivity (Wildman–Crippen MR) is 97.4 cm³/mol. The number of aromatic nitrogens is 2. The Balaban J connectivity index is 2.04. The van der Waals surface area contributed by atoms with Crippen LogP contribution in [0.3, 0.4) is 0 Å². The molecule has 132 valence electrons. The first kappa shape index (κ1) is 17.3. The fourth-order valence-electron chi connectivity index (χ4n) is 2.58. The van der Waals surface area contributed by atoms with Crippen molar-refractivity contribution >= 4 is 28.1 Å². The van der Waals surface area contributed by atoms with Crippen LogP contribution in [-0.2, 0) is 0 Å². The molecule has 0 fully saturated rings. The number of carbonyl (C=O) groups excluding carboxylic acids is 1. The fraction of sp³-hybridized carbons (Fsp3) is 0.167. The molecular weight excluding hydrogens is 336 g/mol. The van der Waals surface area contributed by atoms with E-state index in [0.717, 1.165) is 0 Å². The van der Waals surface area contributed by atoms with Crippen LogP contribution < -0.4 is 10.9 Å². The van der Waals surface area contributed by atoms with Crippen LogP contribution in [0.2, 0.25) is 0 Å². The van der Waals surface area contributed by atoms with Crippen LogP contribution in [0.5, 0.6) is 0 Å². The third-order valence-corrected chi connectivity index (χ3v) is 3.87. The van der Waals surface area contributed by atoms with Gasteiger partial charge in [-0.3, -0.25) is 19.7 Å². The van der Waals surface area contributed by atoms with E-state index in [1.807, 2.05) is 0 Å². The van der Waals surface area contributed by atoms with E-state index in [9.17, 15) is 19.7 Å². The lowest BCUT2D eigenvalue weighted by atomic mass is 10.1. The number of carbonyl (C=O) groups is 1. The van der Waals surface area contributed by atoms with E-state index in [4.69, 9.17) is 0 Å². The zero-order valence-electron chi connectivity index (χ0n) is 14.2. The van der Waals surface area contributed by atoms with Gasteiger partial charge < -0.3 is 5.32 Å². The topological polar surface area (TPSA) is 107 Å². The number of non-ortho nitro benzene ring substituents is 1. The molecule has 2 aromatic carbocycles. The lowest BCUT2D eigenvalue weighted by Crippen LogP contribution is -2.28. The molecule has 1 N–H and O–H groups in total. The highest BCUT2D eigenvalue weighted by Gasteiger charge is 2.18. The predicted octanol–water partition coefficient (Wildman–Crippen LogP) is 3.14. The van der Waals surface area contributed by atoms with Crippen molar-refractivity contribution in [2.45, 2.75) is 19.9 Å². The quantitative estimate of drug-likeness (QED) is 0.573. The number of hydrogen-bond donors (Lipinski definition) is 1. The highest BCUT2D eigenvalue weighted by Crippen LogP contribution is 2.19. The van der Waals surface area contributed by atoms with Crippen molar-refractivity contribution < 1.29 is 9.72 Å². The maximum atomic E-state index is 12.7. The Kier molecular flexibility index (Phi) is 4.49. The van der Waals surface area contributed by atoms with Gasteiger partial charge in [-0.2, -0.15) is 5.10 Å². The van der Waals surface area contributed by atoms with Crippen LogP contribution in [-0.4, -0.2) is 20.6 Å². The summed E-state index contributed by atoms with van der Waals surface area (Å²) in [6.45, 7) is 3.61. The van der Waals surface area contributed by atoms with Gasteiger partial charge in [0.15, 0.2) is 5.69 Å². The third kappa shape index (κ3) is 3.16. The summed E-state index contributed by atoms with van der Waals surface area (Å²) in [5, 5.41) is 18.5. The van der Waals surface area contributed by atoms with E-state index in [0.29, 0.717) is 16.5 Å². The molecule has 3 aromatic rings. The molecule has 0 saturated carbocycles. The van der Waals surface area contributed by atoms with Gasteiger partial charge in [-0.1, -0.05) is 18.2 Å². The number of fused-ring (bicyclic) bond motifs is 1. The third-order valence-electron chi connectivity index (χ3n) is 3.87. The lowest BCUT2D eigenvalue weighted by Gasteiger charge is -2.13. The number of nitrogens with one attached hydrogen (secondary N) is 1. The Bertz CT molecular complexity index is 1050. The van der Waals surface area contributed by atoms with E-state index in [-0.39, 0.29) is 23.0 Å². The van der Waals surface area contributed by atoms with Crippen LogP contribution in [0.15, 0.2) is 53.3 Å². The van der Waals surface area contributed by atoms with Gasteiger partial charge in [-0.15, -0.1) is 0 Å². The minimum absolute atomic E-state index is 0.0695. The maximum Gasteiger partial charge on any atom is 0.276 e. The molecule has 3 rings (SSSR count). The Labute approximate surface area is 148 Å². The molecule has 0 atom stereocenters. The van der Waals surface area contributed by atoms with Crippen molar-refractivity contribution in [3.63, 3.8) is 0 Å². The minimum atomic E-state index is -0.515. The van der Waals surface area contributed by atoms with Crippen LogP contribution >= 0.6 is 0 Å². The number of nitrogens with zero attached hydrogens (tertiary/aromatic N) is 3. The van der Waals surface area contributed by atoms with E-state index >= 15 is 0 Å². The van der Waals surface area contributed by atoms with Gasteiger partial charge in [-0.25, -0.2) is 4.68 Å². The number of hydrogen-bond acceptors (Lipinski definition) is 5. The molecule has 26 heavy (non-hydrogen) atoms. The standard InChI is InChI=1S/C18H16N4O4/c1-11(2)21-18(24)15-6-4-3-5-14(15)16(20-21)17(23)19-12-7-9-13(10-8-12)22(25)26/h3-11H,1-2H3,(H,19,23). The molecule has 1 aromatic heterocycles. The average molecular weight is 352 g/mol. The summed E-state index contributed by atoms with van der Waals surface area (Å²) < 4.78 is 1.27. The van der Waals surface area contributed by atoms with Crippen molar-refractivity contribution in [1.82, 2.24) is 9.78 Å². The second kappa shape index (κ2) is 6.75. The van der Waals surface area contributed by atoms with Crippen molar-refractivity contribution in [2.75, 3.05) is 5.32 Å². The van der Waals surface area contributed by atoms with Crippen molar-refractivity contribution in [3.8, 4) is 0 Å². The monoisotopic (exact) mass is 352 g/mol. The molecule has 0 unspecified atom stereocenters. The Morgan fingerprint density at radius 3 is 2.31 bits per heavy atom. The number of anilines is 1. The summed E-state index contributed by atoms with van der Waals surface area (Å²) in [5.74, 6) is -0.496. The first-order valence-corrected chi connectivity index (χ1v) is 7.96. The van der Waals surface area contributed by atoms with Gasteiger partial charge in [0.25, 0.3) is 17.2 Å². The fourth-order valence-corrected chi connectivity index (χ4v) is 2.58. The first-order valence-electron chi connectivity index (χ1n) is 7.96. The summed E-state index contributed by atoms with van der Waals surface area (Å²) in [6.07, 6.45) is 0. The van der Waals surface area contributed by atoms with Gasteiger partial charge >= 0.3 is 0 Å². The Morgan fingerprint density at radius 2 is 1.73 bits per heavy atom. The van der Waals surface area contributed by atoms with Crippen LogP contribution in [0.25, 0.3) is 10.8 Å². The SMILES string of the molecule is CC(C)n1nc(C(=O)Nc2ccc([N+](=O)[O-])cc2)c2ccccc2c1=O. The molecule has 1 amide bonds. The summed E-state index contributed by atoms with van der Waals surface area (Å²) >= 11 is 0. The molecular formula is C18H16N4O4. The van der Waals surface area contributed by atoms with E-state index in [2.05, 4.69) is 10.4 Å². The molecule has 0 saturated heterocycles. The molecule has 1 heterocycles. The molecule has 0 bridgehead atoms. The minimum Gasteiger partial charge on any atom is -0.321 e. The molecule has 0 aliphatic rings. The molecule has 8 nitrogen and oxygen atoms in total. The van der Waals surface area contributed by atoms with Crippen LogP contribution in [0.4, 0.5) is 11.4 Å². The second-order valence-electron chi connectivity index (χ2n) is 6.00. The lowest BCUT2D eigenvalue weighted by molar-refractivity contribution is -0.384. The summed E-state index contributed by atoms with van der Waals surface area (Å²) in [7, 11) is 0. The number of benzene rings is 2. The van der Waals surface area contributed by atoms with E-state index in [1.54, 1.807) is 38.1 Å². The second-order valence-corrected chi connectivity index (χ2v) is 6.00. The zero-order valence-corrected chi connectivity index (χ0v) is 14.2. The van der Waals surface area contributed by atoms with Crippen LogP contribution in [0.1, 0.15) is 30.4 Å². The highest BCUT2D eigenvalue weighted by molar-refractivity contribution is 6.11. The summed E-state index contributed by atoms with van der Waals surface area (Å²) in [4.78, 5) is 35.4. The highest BCUT2D eigenvalue weighted by atomic mass is 16.6. The number of rotatable bonds is 4. The van der Waals surface area contributed by atoms with Gasteiger partial charge in [0.05, 0.1) is 16.4 Å². The molecule has 8 heteroatoms. The number of amides is 1. The Morgan fingerprint density at radius 1 is 1.12 bits per heavy atom. The normalized spacial score (nSPS) is 10.9. The molecule has 0 aliphatic carbocycles. The Hall–Kier alpha value is -3.55. The molecule has 0 spiro atoms. The molecule has 0 radical (unpaired) electrons. The van der Waals surface area contributed by atoms with E-state index < -0.39 is 10.8 Å². The van der Waals surface area contributed by atoms with Crippen molar-refractivity contribution in [1.29, 1.82) is 0 Å². The van der Waals surface area contributed by atoms with Crippen molar-refractivity contribution in [2.24, 2.45) is 0 Å². The largest absolute Gasteiger partial charge is 0.321 e. The first-order chi connectivity index (χ1) is 12.4. The van der Waals surface area contributed by atoms with Gasteiger partial charge in [-0.05, 0) is 32.0 Å². The van der Waals surface area contributed by atoms with Crippen LogP contribution in [0, 0.1) is 10.1 Å². The summed E-state index contributed by atoms with van der Waals surface area (Å²) in [6, 6.07) is 12.1. The average Bonchev–Trinajstić information content (AvgIpc) is 2.62. The number of nitro benzene ring substituents is 1. The number of nitro groups is 1. The van der Waals surface area contributed by atoms with Crippen molar-refractivity contribution in [3.05, 3.63) is 74.7 Å². The molecule has 0 aliphatic heterocycles. The zero-order chi connectivity index (χ0) is 18.8. The van der Waals surface area contributed by atoms with Gasteiger partial charge in [0.1, 0.15) is 0 Å². The summed E-state index contributed by atoms with van der Waals surface area (Å²) in [5.41, 5.74) is 0.184. The van der Waals surface area contributed by atoms with E-state index in [1.165, 1.54) is 28.9 Å². The smallest absolute Gasteiger partial charge is 0.276 e. The van der Waals surface area contributed by atoms with Gasteiger partial charge in [0, 0.05) is 23.2 Å². The van der Waals surface area contributed by atoms with Gasteiger partial charge in [0.2, 0.25) is 0 Å². The maximum absolute atomic E-state index is 12.7.